The molecule has 0 aliphatic carbocycles. The smallest absolute Gasteiger partial charge is 0.256 e. The van der Waals surface area contributed by atoms with Gasteiger partial charge in [-0.25, -0.2) is 9.97 Å². The third-order valence-corrected chi connectivity index (χ3v) is 5.94. The molecule has 2 heterocycles. The highest BCUT2D eigenvalue weighted by Gasteiger charge is 2.34. The fraction of sp³-hybridized carbons (Fsp3) is 0.308. The maximum Gasteiger partial charge on any atom is 0.256 e. The van der Waals surface area contributed by atoms with Gasteiger partial charge in [0.2, 0.25) is 11.9 Å². The zero-order valence-corrected chi connectivity index (χ0v) is 19.8. The molecule has 3 aromatic rings. The van der Waals surface area contributed by atoms with Crippen molar-refractivity contribution in [2.75, 3.05) is 32.0 Å². The van der Waals surface area contributed by atoms with E-state index in [0.29, 0.717) is 43.4 Å². The van der Waals surface area contributed by atoms with E-state index in [4.69, 9.17) is 0 Å². The van der Waals surface area contributed by atoms with E-state index in [2.05, 4.69) is 37.6 Å². The molecule has 0 radical (unpaired) electrons. The number of para-hydroxylation sites is 1. The van der Waals surface area contributed by atoms with Crippen LogP contribution < -0.4 is 10.6 Å². The number of piperazine rings is 1. The van der Waals surface area contributed by atoms with Crippen LogP contribution in [0.1, 0.15) is 27.3 Å². The van der Waals surface area contributed by atoms with Crippen molar-refractivity contribution in [2.45, 2.75) is 26.4 Å². The summed E-state index contributed by atoms with van der Waals surface area (Å²) in [6.07, 6.45) is 0. The summed E-state index contributed by atoms with van der Waals surface area (Å²) in [5.41, 5.74) is 4.00. The Morgan fingerprint density at radius 1 is 0.971 bits per heavy atom. The Balaban J connectivity index is 1.53. The lowest BCUT2D eigenvalue weighted by atomic mass is 10.1. The lowest BCUT2D eigenvalue weighted by Gasteiger charge is -2.40. The minimum absolute atomic E-state index is 0.0940. The minimum atomic E-state index is -0.425. The van der Waals surface area contributed by atoms with E-state index in [1.165, 1.54) is 0 Å². The van der Waals surface area contributed by atoms with Crippen molar-refractivity contribution in [3.8, 4) is 0 Å². The van der Waals surface area contributed by atoms with Gasteiger partial charge in [0.05, 0.1) is 11.3 Å². The number of nitrogens with zero attached hydrogens (tertiary/aromatic N) is 4. The van der Waals surface area contributed by atoms with Crippen molar-refractivity contribution in [2.24, 2.45) is 0 Å². The standard InChI is InChI=1S/C26H30N6O2/c1-18-15-19(2)29-26(28-18)30-22-12-8-7-11-21(22)25(34)32-14-13-31(23(17-32)24(33)27-3)16-20-9-5-4-6-10-20/h4-12,15,23H,13-14,16-17H2,1-3H3,(H,27,33)(H,28,29,30)/t23-/m0/s1. The molecule has 0 saturated carbocycles. The predicted octanol–water partition coefficient (Wildman–Crippen LogP) is 2.91. The number of carbonyl (C=O) groups excluding carboxylic acids is 2. The summed E-state index contributed by atoms with van der Waals surface area (Å²) in [6.45, 7) is 5.93. The number of hydrogen-bond donors (Lipinski definition) is 2. The van der Waals surface area contributed by atoms with Gasteiger partial charge in [-0.1, -0.05) is 42.5 Å². The number of hydrogen-bond acceptors (Lipinski definition) is 6. The molecule has 0 bridgehead atoms. The monoisotopic (exact) mass is 458 g/mol. The van der Waals surface area contributed by atoms with Gasteiger partial charge < -0.3 is 15.5 Å². The fourth-order valence-electron chi connectivity index (χ4n) is 4.28. The van der Waals surface area contributed by atoms with Crippen molar-refractivity contribution >= 4 is 23.5 Å². The molecule has 2 amide bonds. The molecule has 176 valence electrons. The van der Waals surface area contributed by atoms with Crippen LogP contribution in [0.3, 0.4) is 0 Å². The van der Waals surface area contributed by atoms with Gasteiger partial charge in [0.15, 0.2) is 0 Å². The zero-order valence-electron chi connectivity index (χ0n) is 19.8. The van der Waals surface area contributed by atoms with Gasteiger partial charge in [0.1, 0.15) is 6.04 Å². The van der Waals surface area contributed by atoms with Crippen LogP contribution in [0.2, 0.25) is 0 Å². The molecule has 1 aliphatic heterocycles. The number of carbonyl (C=O) groups is 2. The number of benzene rings is 2. The van der Waals surface area contributed by atoms with Crippen molar-refractivity contribution in [3.05, 3.63) is 83.2 Å². The second kappa shape index (κ2) is 10.4. The molecule has 8 heteroatoms. The number of nitrogens with one attached hydrogen (secondary N) is 2. The van der Waals surface area contributed by atoms with Gasteiger partial charge in [-0.3, -0.25) is 14.5 Å². The fourth-order valence-corrected chi connectivity index (χ4v) is 4.28. The average molecular weight is 459 g/mol. The van der Waals surface area contributed by atoms with Crippen LogP contribution in [0, 0.1) is 13.8 Å². The maximum absolute atomic E-state index is 13.6. The van der Waals surface area contributed by atoms with Gasteiger partial charge in [-0.15, -0.1) is 0 Å². The normalized spacial score (nSPS) is 16.2. The second-order valence-corrected chi connectivity index (χ2v) is 8.48. The molecule has 1 atom stereocenters. The highest BCUT2D eigenvalue weighted by Crippen LogP contribution is 2.23. The van der Waals surface area contributed by atoms with Crippen molar-refractivity contribution in [3.63, 3.8) is 0 Å². The third kappa shape index (κ3) is 5.40. The summed E-state index contributed by atoms with van der Waals surface area (Å²) in [5, 5.41) is 5.96. The Morgan fingerprint density at radius 3 is 2.35 bits per heavy atom. The number of amides is 2. The Morgan fingerprint density at radius 2 is 1.65 bits per heavy atom. The SMILES string of the molecule is CNC(=O)[C@@H]1CN(C(=O)c2ccccc2Nc2nc(C)cc(C)n2)CCN1Cc1ccccc1. The number of aryl methyl sites for hydroxylation is 2. The lowest BCUT2D eigenvalue weighted by Crippen LogP contribution is -2.59. The van der Waals surface area contributed by atoms with E-state index in [1.807, 2.05) is 56.3 Å². The first-order valence-electron chi connectivity index (χ1n) is 11.4. The molecular weight excluding hydrogens is 428 g/mol. The van der Waals surface area contributed by atoms with Crippen LogP contribution in [0.25, 0.3) is 0 Å². The zero-order chi connectivity index (χ0) is 24.1. The van der Waals surface area contributed by atoms with E-state index in [1.54, 1.807) is 18.0 Å². The summed E-state index contributed by atoms with van der Waals surface area (Å²) in [4.78, 5) is 39.0. The first-order valence-corrected chi connectivity index (χ1v) is 11.4. The van der Waals surface area contributed by atoms with Crippen LogP contribution in [-0.4, -0.2) is 64.3 Å². The summed E-state index contributed by atoms with van der Waals surface area (Å²) in [7, 11) is 1.63. The third-order valence-electron chi connectivity index (χ3n) is 5.94. The van der Waals surface area contributed by atoms with E-state index in [-0.39, 0.29) is 11.8 Å². The van der Waals surface area contributed by atoms with Crippen molar-refractivity contribution < 1.29 is 9.59 Å². The molecular formula is C26H30N6O2. The van der Waals surface area contributed by atoms with E-state index < -0.39 is 6.04 Å². The van der Waals surface area contributed by atoms with Gasteiger partial charge >= 0.3 is 0 Å². The summed E-state index contributed by atoms with van der Waals surface area (Å²) >= 11 is 0. The summed E-state index contributed by atoms with van der Waals surface area (Å²) in [5.74, 6) is 0.234. The van der Waals surface area contributed by atoms with Gasteiger partial charge in [0, 0.05) is 44.6 Å². The average Bonchev–Trinajstić information content (AvgIpc) is 2.84. The van der Waals surface area contributed by atoms with Crippen LogP contribution in [0.5, 0.6) is 0 Å². The highest BCUT2D eigenvalue weighted by atomic mass is 16.2. The molecule has 0 spiro atoms. The Labute approximate surface area is 200 Å². The largest absolute Gasteiger partial charge is 0.358 e. The Hall–Kier alpha value is -3.78. The first-order chi connectivity index (χ1) is 16.4. The molecule has 4 rings (SSSR count). The Bertz CT molecular complexity index is 1150. The van der Waals surface area contributed by atoms with Gasteiger partial charge in [0.25, 0.3) is 5.91 Å². The maximum atomic E-state index is 13.6. The molecule has 1 saturated heterocycles. The van der Waals surface area contributed by atoms with Gasteiger partial charge in [-0.05, 0) is 37.6 Å². The quantitative estimate of drug-likeness (QED) is 0.590. The topological polar surface area (TPSA) is 90.5 Å². The first kappa shape index (κ1) is 23.4. The molecule has 2 aromatic carbocycles. The lowest BCUT2D eigenvalue weighted by molar-refractivity contribution is -0.128. The molecule has 1 aliphatic rings. The number of aromatic nitrogens is 2. The highest BCUT2D eigenvalue weighted by molar-refractivity contribution is 6.00. The predicted molar refractivity (Wildman–Crippen MR) is 132 cm³/mol. The van der Waals surface area contributed by atoms with Crippen LogP contribution in [0.15, 0.2) is 60.7 Å². The van der Waals surface area contributed by atoms with Crippen molar-refractivity contribution in [1.82, 2.24) is 25.1 Å². The van der Waals surface area contributed by atoms with Gasteiger partial charge in [-0.2, -0.15) is 0 Å². The molecule has 0 unspecified atom stereocenters. The summed E-state index contributed by atoms with van der Waals surface area (Å²) in [6, 6.07) is 18.9. The molecule has 2 N–H and O–H groups in total. The van der Waals surface area contributed by atoms with E-state index >= 15 is 0 Å². The van der Waals surface area contributed by atoms with E-state index in [9.17, 15) is 9.59 Å². The van der Waals surface area contributed by atoms with Crippen molar-refractivity contribution in [1.29, 1.82) is 0 Å². The Kier molecular flexibility index (Phi) is 7.18. The summed E-state index contributed by atoms with van der Waals surface area (Å²) < 4.78 is 0. The number of rotatable bonds is 6. The van der Waals surface area contributed by atoms with Crippen LogP contribution >= 0.6 is 0 Å². The van der Waals surface area contributed by atoms with Crippen LogP contribution in [-0.2, 0) is 11.3 Å². The molecule has 1 aromatic heterocycles. The molecule has 1 fully saturated rings. The molecule has 34 heavy (non-hydrogen) atoms. The number of anilines is 2. The minimum Gasteiger partial charge on any atom is -0.358 e. The molecule has 8 nitrogen and oxygen atoms in total. The second-order valence-electron chi connectivity index (χ2n) is 8.48. The number of likely N-dealkylation sites (N-methyl/N-ethyl adjacent to an activating group) is 1. The van der Waals surface area contributed by atoms with E-state index in [0.717, 1.165) is 17.0 Å². The van der Waals surface area contributed by atoms with Crippen LogP contribution in [0.4, 0.5) is 11.6 Å².